The summed E-state index contributed by atoms with van der Waals surface area (Å²) < 4.78 is 5.65. The fourth-order valence-electron chi connectivity index (χ4n) is 3.97. The van der Waals surface area contributed by atoms with E-state index in [0.29, 0.717) is 17.3 Å². The van der Waals surface area contributed by atoms with Gasteiger partial charge in [-0.3, -0.25) is 14.6 Å². The fourth-order valence-corrected chi connectivity index (χ4v) is 3.97. The first-order valence-electron chi connectivity index (χ1n) is 9.59. The average molecular weight is 389 g/mol. The third-order valence-electron chi connectivity index (χ3n) is 5.47. The fraction of sp³-hybridized carbons (Fsp3) is 0.286. The van der Waals surface area contributed by atoms with Gasteiger partial charge in [-0.15, -0.1) is 10.2 Å². The summed E-state index contributed by atoms with van der Waals surface area (Å²) in [5.74, 6) is 0.802. The minimum Gasteiger partial charge on any atom is -0.489 e. The molecule has 3 heterocycles. The van der Waals surface area contributed by atoms with E-state index in [1.54, 1.807) is 18.3 Å². The summed E-state index contributed by atoms with van der Waals surface area (Å²) in [6.45, 7) is 0.0558. The predicted octanol–water partition coefficient (Wildman–Crippen LogP) is 1.58. The number of pyridine rings is 1. The number of rotatable bonds is 3. The maximum atomic E-state index is 12.6. The van der Waals surface area contributed by atoms with E-state index < -0.39 is 11.9 Å². The molecule has 1 aromatic carbocycles. The van der Waals surface area contributed by atoms with Crippen molar-refractivity contribution in [2.45, 2.75) is 31.2 Å². The first-order valence-corrected chi connectivity index (χ1v) is 9.59. The minimum atomic E-state index is -0.766. The van der Waals surface area contributed by atoms with Crippen molar-refractivity contribution in [3.63, 3.8) is 0 Å². The summed E-state index contributed by atoms with van der Waals surface area (Å²) in [6, 6.07) is 11.0. The zero-order valence-corrected chi connectivity index (χ0v) is 15.6. The molecule has 5 rings (SSSR count). The molecule has 146 valence electrons. The van der Waals surface area contributed by atoms with E-state index in [0.717, 1.165) is 12.8 Å². The Morgan fingerprint density at radius 1 is 1.17 bits per heavy atom. The Bertz CT molecular complexity index is 1090. The van der Waals surface area contributed by atoms with Crippen LogP contribution in [0.1, 0.15) is 45.6 Å². The van der Waals surface area contributed by atoms with Gasteiger partial charge >= 0.3 is 0 Å². The average Bonchev–Trinajstić information content (AvgIpc) is 3.35. The maximum absolute atomic E-state index is 12.6. The first-order chi connectivity index (χ1) is 14.2. The van der Waals surface area contributed by atoms with Crippen molar-refractivity contribution in [3.8, 4) is 5.75 Å². The van der Waals surface area contributed by atoms with Crippen molar-refractivity contribution in [2.24, 2.45) is 0 Å². The molecule has 2 aliphatic rings. The SMILES string of the molecule is O=C(N[C@H]1COc2cccnc2CC1=O)c1nnc(C2CCc3ccccc32)[nH]1. The summed E-state index contributed by atoms with van der Waals surface area (Å²) in [7, 11) is 0. The lowest BCUT2D eigenvalue weighted by molar-refractivity contribution is -0.120. The number of nitrogens with zero attached hydrogens (tertiary/aromatic N) is 3. The van der Waals surface area contributed by atoms with Crippen LogP contribution in [-0.4, -0.2) is 44.5 Å². The molecule has 1 amide bonds. The Kier molecular flexibility index (Phi) is 4.31. The van der Waals surface area contributed by atoms with E-state index in [4.69, 9.17) is 4.74 Å². The quantitative estimate of drug-likeness (QED) is 0.704. The number of aryl methyl sites for hydroxylation is 1. The van der Waals surface area contributed by atoms with Gasteiger partial charge in [-0.2, -0.15) is 0 Å². The highest BCUT2D eigenvalue weighted by atomic mass is 16.5. The number of hydrogen-bond donors (Lipinski definition) is 2. The molecule has 1 unspecified atom stereocenters. The van der Waals surface area contributed by atoms with Crippen LogP contribution < -0.4 is 10.1 Å². The van der Waals surface area contributed by atoms with E-state index in [-0.39, 0.29) is 30.6 Å². The van der Waals surface area contributed by atoms with Crippen LogP contribution in [0.2, 0.25) is 0 Å². The molecule has 0 spiro atoms. The number of carbonyl (C=O) groups excluding carboxylic acids is 2. The first kappa shape index (κ1) is 17.5. The van der Waals surface area contributed by atoms with Crippen molar-refractivity contribution >= 4 is 11.7 Å². The van der Waals surface area contributed by atoms with E-state index in [9.17, 15) is 9.59 Å². The monoisotopic (exact) mass is 389 g/mol. The molecular formula is C21H19N5O3. The highest BCUT2D eigenvalue weighted by Gasteiger charge is 2.30. The molecule has 2 atom stereocenters. The molecule has 3 aromatic rings. The molecule has 0 bridgehead atoms. The third-order valence-corrected chi connectivity index (χ3v) is 5.47. The number of H-pyrrole nitrogens is 1. The van der Waals surface area contributed by atoms with Crippen LogP contribution in [0.15, 0.2) is 42.6 Å². The van der Waals surface area contributed by atoms with Crippen LogP contribution in [0.3, 0.4) is 0 Å². The van der Waals surface area contributed by atoms with Gasteiger partial charge in [0, 0.05) is 12.1 Å². The molecule has 0 radical (unpaired) electrons. The van der Waals surface area contributed by atoms with Gasteiger partial charge < -0.3 is 15.0 Å². The second-order valence-corrected chi connectivity index (χ2v) is 7.28. The van der Waals surface area contributed by atoms with Gasteiger partial charge in [-0.25, -0.2) is 0 Å². The van der Waals surface area contributed by atoms with Crippen molar-refractivity contribution in [1.82, 2.24) is 25.5 Å². The van der Waals surface area contributed by atoms with Gasteiger partial charge in [0.15, 0.2) is 5.78 Å². The molecular weight excluding hydrogens is 370 g/mol. The number of carbonyl (C=O) groups is 2. The Labute approximate surface area is 166 Å². The molecule has 8 nitrogen and oxygen atoms in total. The highest BCUT2D eigenvalue weighted by molar-refractivity contribution is 5.96. The van der Waals surface area contributed by atoms with E-state index >= 15 is 0 Å². The van der Waals surface area contributed by atoms with Crippen LogP contribution in [0.4, 0.5) is 0 Å². The minimum absolute atomic E-state index is 0.0558. The van der Waals surface area contributed by atoms with Crippen LogP contribution in [0.5, 0.6) is 5.75 Å². The second kappa shape index (κ2) is 7.12. The molecule has 0 saturated heterocycles. The lowest BCUT2D eigenvalue weighted by Gasteiger charge is -2.14. The number of aromatic nitrogens is 4. The van der Waals surface area contributed by atoms with Crippen molar-refractivity contribution < 1.29 is 14.3 Å². The number of Topliss-reactive ketones (excluding diaryl/α,β-unsaturated/α-hetero) is 1. The van der Waals surface area contributed by atoms with E-state index in [1.165, 1.54) is 11.1 Å². The summed E-state index contributed by atoms with van der Waals surface area (Å²) in [4.78, 5) is 32.4. The zero-order valence-electron chi connectivity index (χ0n) is 15.6. The Balaban J connectivity index is 1.30. The summed E-state index contributed by atoms with van der Waals surface area (Å²) in [6.07, 6.45) is 3.63. The molecule has 1 aliphatic heterocycles. The summed E-state index contributed by atoms with van der Waals surface area (Å²) >= 11 is 0. The van der Waals surface area contributed by atoms with E-state index in [2.05, 4.69) is 37.6 Å². The number of hydrogen-bond acceptors (Lipinski definition) is 6. The van der Waals surface area contributed by atoms with Crippen molar-refractivity contribution in [1.29, 1.82) is 0 Å². The Hall–Kier alpha value is -3.55. The standard InChI is InChI=1S/C21H19N5O3/c27-17-10-15-18(6-3-9-22-15)29-11-16(17)23-21(28)20-24-19(25-26-20)14-8-7-12-4-1-2-5-13(12)14/h1-6,9,14,16H,7-8,10-11H2,(H,23,28)(H,24,25,26)/t14?,16-/m0/s1. The van der Waals surface area contributed by atoms with Gasteiger partial charge in [0.2, 0.25) is 5.82 Å². The topological polar surface area (TPSA) is 110 Å². The van der Waals surface area contributed by atoms with Gasteiger partial charge in [0.25, 0.3) is 5.91 Å². The van der Waals surface area contributed by atoms with Gasteiger partial charge in [-0.05, 0) is 36.1 Å². The van der Waals surface area contributed by atoms with Crippen molar-refractivity contribution in [2.75, 3.05) is 6.61 Å². The Morgan fingerprint density at radius 2 is 2.07 bits per heavy atom. The zero-order chi connectivity index (χ0) is 19.8. The molecule has 0 saturated carbocycles. The third kappa shape index (κ3) is 3.26. The summed E-state index contributed by atoms with van der Waals surface area (Å²) in [5, 5.41) is 10.9. The lowest BCUT2D eigenvalue weighted by atomic mass is 10.0. The number of nitrogens with one attached hydrogen (secondary N) is 2. The molecule has 1 aliphatic carbocycles. The van der Waals surface area contributed by atoms with Crippen LogP contribution in [0, 0.1) is 0 Å². The predicted molar refractivity (Wildman–Crippen MR) is 103 cm³/mol. The van der Waals surface area contributed by atoms with Gasteiger partial charge in [-0.1, -0.05) is 24.3 Å². The molecule has 8 heteroatoms. The highest BCUT2D eigenvalue weighted by Crippen LogP contribution is 2.36. The number of aromatic amines is 1. The molecule has 0 fully saturated rings. The molecule has 29 heavy (non-hydrogen) atoms. The lowest BCUT2D eigenvalue weighted by Crippen LogP contribution is -2.45. The second-order valence-electron chi connectivity index (χ2n) is 7.28. The van der Waals surface area contributed by atoms with Crippen LogP contribution in [0.25, 0.3) is 0 Å². The number of ether oxygens (including phenoxy) is 1. The number of ketones is 1. The summed E-state index contributed by atoms with van der Waals surface area (Å²) in [5.41, 5.74) is 3.10. The smallest absolute Gasteiger partial charge is 0.289 e. The largest absolute Gasteiger partial charge is 0.489 e. The van der Waals surface area contributed by atoms with Gasteiger partial charge in [0.1, 0.15) is 24.2 Å². The van der Waals surface area contributed by atoms with E-state index in [1.807, 2.05) is 12.1 Å². The Morgan fingerprint density at radius 3 is 3.00 bits per heavy atom. The molecule has 2 N–H and O–H groups in total. The van der Waals surface area contributed by atoms with Crippen LogP contribution >= 0.6 is 0 Å². The number of benzene rings is 1. The molecule has 2 aromatic heterocycles. The van der Waals surface area contributed by atoms with Gasteiger partial charge in [0.05, 0.1) is 12.1 Å². The van der Waals surface area contributed by atoms with Crippen LogP contribution in [-0.2, 0) is 17.6 Å². The normalized spacial score (nSPS) is 20.3. The maximum Gasteiger partial charge on any atom is 0.289 e. The van der Waals surface area contributed by atoms with Crippen molar-refractivity contribution in [3.05, 3.63) is 71.1 Å². The number of amides is 1. The number of fused-ring (bicyclic) bond motifs is 2.